The second kappa shape index (κ2) is 10.6. The summed E-state index contributed by atoms with van der Waals surface area (Å²) >= 11 is 18.9. The van der Waals surface area contributed by atoms with Crippen molar-refractivity contribution < 1.29 is 14.3 Å². The summed E-state index contributed by atoms with van der Waals surface area (Å²) in [5, 5.41) is 6.56. The standard InChI is InChI=1S/C22H25Cl3N4O3/c1-4-6-7-16-27-20(25)19(29(16)11-13-8-9-14(23)15(24)10-13)18-17(21(30)32-5-2)12(3)26-22(31)28-18/h8-10,18H,4-7,11H2,1-3H3,(H2,26,28,31). The fourth-order valence-corrected chi connectivity index (χ4v) is 4.29. The van der Waals surface area contributed by atoms with Gasteiger partial charge in [-0.2, -0.15) is 0 Å². The number of carbonyl (C=O) groups excluding carboxylic acids is 2. The molecule has 1 atom stereocenters. The Balaban J connectivity index is 2.14. The Morgan fingerprint density at radius 2 is 1.97 bits per heavy atom. The van der Waals surface area contributed by atoms with Crippen LogP contribution in [0.25, 0.3) is 0 Å². The third-order valence-corrected chi connectivity index (χ3v) is 6.17. The van der Waals surface area contributed by atoms with E-state index >= 15 is 0 Å². The maximum absolute atomic E-state index is 12.8. The van der Waals surface area contributed by atoms with E-state index in [1.807, 2.05) is 10.6 Å². The smallest absolute Gasteiger partial charge is 0.338 e. The Kier molecular flexibility index (Phi) is 8.09. The molecule has 0 saturated carbocycles. The van der Waals surface area contributed by atoms with E-state index in [9.17, 15) is 9.59 Å². The first-order valence-electron chi connectivity index (χ1n) is 10.4. The van der Waals surface area contributed by atoms with Crippen molar-refractivity contribution >= 4 is 46.8 Å². The van der Waals surface area contributed by atoms with Crippen LogP contribution in [0.2, 0.25) is 15.2 Å². The number of urea groups is 1. The van der Waals surface area contributed by atoms with Gasteiger partial charge in [0, 0.05) is 18.7 Å². The van der Waals surface area contributed by atoms with E-state index in [1.165, 1.54) is 0 Å². The number of ether oxygens (including phenoxy) is 1. The zero-order valence-electron chi connectivity index (χ0n) is 18.1. The van der Waals surface area contributed by atoms with Gasteiger partial charge in [0.15, 0.2) is 5.15 Å². The van der Waals surface area contributed by atoms with Gasteiger partial charge in [-0.25, -0.2) is 14.6 Å². The molecule has 172 valence electrons. The predicted octanol–water partition coefficient (Wildman–Crippen LogP) is 5.43. The Morgan fingerprint density at radius 3 is 2.62 bits per heavy atom. The number of benzene rings is 1. The van der Waals surface area contributed by atoms with Crippen LogP contribution in [0.5, 0.6) is 0 Å². The van der Waals surface area contributed by atoms with E-state index in [1.54, 1.807) is 26.0 Å². The number of nitrogens with zero attached hydrogens (tertiary/aromatic N) is 2. The predicted molar refractivity (Wildman–Crippen MR) is 125 cm³/mol. The third-order valence-electron chi connectivity index (χ3n) is 5.16. The van der Waals surface area contributed by atoms with Crippen molar-refractivity contribution in [1.82, 2.24) is 20.2 Å². The molecular formula is C22H25Cl3N4O3. The molecule has 2 heterocycles. The number of aryl methyl sites for hydroxylation is 1. The number of allylic oxidation sites excluding steroid dienone is 1. The fourth-order valence-electron chi connectivity index (χ4n) is 3.66. The highest BCUT2D eigenvalue weighted by Crippen LogP contribution is 2.34. The molecule has 1 aliphatic heterocycles. The number of imidazole rings is 1. The molecule has 2 N–H and O–H groups in total. The number of rotatable bonds is 8. The van der Waals surface area contributed by atoms with Crippen molar-refractivity contribution in [3.05, 3.63) is 61.7 Å². The maximum atomic E-state index is 12.8. The summed E-state index contributed by atoms with van der Waals surface area (Å²) in [7, 11) is 0. The van der Waals surface area contributed by atoms with Gasteiger partial charge < -0.3 is 19.9 Å². The van der Waals surface area contributed by atoms with Gasteiger partial charge >= 0.3 is 12.0 Å². The SMILES string of the molecule is CCCCc1nc(Cl)c(C2NC(=O)NC(C)=C2C(=O)OCC)n1Cc1ccc(Cl)c(Cl)c1. The molecule has 1 aliphatic rings. The van der Waals surface area contributed by atoms with Crippen LogP contribution < -0.4 is 10.6 Å². The lowest BCUT2D eigenvalue weighted by Crippen LogP contribution is -2.46. The van der Waals surface area contributed by atoms with Gasteiger partial charge in [-0.1, -0.05) is 54.2 Å². The van der Waals surface area contributed by atoms with Crippen LogP contribution in [0.15, 0.2) is 29.5 Å². The third kappa shape index (κ3) is 5.22. The Bertz CT molecular complexity index is 1060. The first-order chi connectivity index (χ1) is 15.3. The van der Waals surface area contributed by atoms with Gasteiger partial charge in [0.1, 0.15) is 11.9 Å². The summed E-state index contributed by atoms with van der Waals surface area (Å²) in [6, 6.07) is 4.11. The Hall–Kier alpha value is -2.22. The summed E-state index contributed by atoms with van der Waals surface area (Å²) in [5.41, 5.74) is 2.09. The highest BCUT2D eigenvalue weighted by Gasteiger charge is 2.36. The zero-order valence-corrected chi connectivity index (χ0v) is 20.4. The second-order valence-electron chi connectivity index (χ2n) is 7.43. The van der Waals surface area contributed by atoms with E-state index in [0.717, 1.165) is 24.2 Å². The summed E-state index contributed by atoms with van der Waals surface area (Å²) < 4.78 is 7.18. The van der Waals surface area contributed by atoms with Gasteiger partial charge in [0.05, 0.1) is 27.9 Å². The highest BCUT2D eigenvalue weighted by molar-refractivity contribution is 6.42. The molecule has 0 fully saturated rings. The molecule has 0 aliphatic carbocycles. The monoisotopic (exact) mass is 498 g/mol. The van der Waals surface area contributed by atoms with Crippen LogP contribution in [-0.2, 0) is 22.5 Å². The van der Waals surface area contributed by atoms with Gasteiger partial charge in [-0.3, -0.25) is 0 Å². The molecule has 0 saturated heterocycles. The summed E-state index contributed by atoms with van der Waals surface area (Å²) in [6.45, 7) is 6.06. The van der Waals surface area contributed by atoms with E-state index < -0.39 is 18.0 Å². The minimum absolute atomic E-state index is 0.203. The Labute approximate surface area is 202 Å². The lowest BCUT2D eigenvalue weighted by Gasteiger charge is -2.29. The van der Waals surface area contributed by atoms with Crippen LogP contribution in [0.4, 0.5) is 4.79 Å². The number of aromatic nitrogens is 2. The van der Waals surface area contributed by atoms with Crippen molar-refractivity contribution in [3.8, 4) is 0 Å². The van der Waals surface area contributed by atoms with Crippen LogP contribution in [0.3, 0.4) is 0 Å². The minimum atomic E-state index is -0.819. The van der Waals surface area contributed by atoms with E-state index in [0.29, 0.717) is 34.4 Å². The molecule has 0 spiro atoms. The van der Waals surface area contributed by atoms with Crippen LogP contribution >= 0.6 is 34.8 Å². The second-order valence-corrected chi connectivity index (χ2v) is 8.61. The molecular weight excluding hydrogens is 475 g/mol. The quantitative estimate of drug-likeness (QED) is 0.475. The average molecular weight is 500 g/mol. The van der Waals surface area contributed by atoms with Crippen molar-refractivity contribution in [1.29, 1.82) is 0 Å². The molecule has 1 aromatic heterocycles. The summed E-state index contributed by atoms with van der Waals surface area (Å²) in [5.74, 6) is 0.225. The van der Waals surface area contributed by atoms with E-state index in [-0.39, 0.29) is 17.3 Å². The molecule has 3 rings (SSSR count). The summed E-state index contributed by atoms with van der Waals surface area (Å²) in [4.78, 5) is 29.6. The summed E-state index contributed by atoms with van der Waals surface area (Å²) in [6.07, 6.45) is 2.57. The molecule has 2 amide bonds. The normalized spacial score (nSPS) is 16.1. The number of hydrogen-bond donors (Lipinski definition) is 2. The van der Waals surface area contributed by atoms with Crippen LogP contribution in [0.1, 0.15) is 56.7 Å². The minimum Gasteiger partial charge on any atom is -0.463 e. The maximum Gasteiger partial charge on any atom is 0.338 e. The number of nitrogens with one attached hydrogen (secondary N) is 2. The number of esters is 1. The highest BCUT2D eigenvalue weighted by atomic mass is 35.5. The molecule has 2 aromatic rings. The van der Waals surface area contributed by atoms with Crippen molar-refractivity contribution in [3.63, 3.8) is 0 Å². The van der Waals surface area contributed by atoms with Crippen molar-refractivity contribution in [2.24, 2.45) is 0 Å². The molecule has 0 radical (unpaired) electrons. The zero-order chi connectivity index (χ0) is 23.4. The van der Waals surface area contributed by atoms with E-state index in [2.05, 4.69) is 22.5 Å². The lowest BCUT2D eigenvalue weighted by atomic mass is 10.00. The Morgan fingerprint density at radius 1 is 1.22 bits per heavy atom. The van der Waals surface area contributed by atoms with Gasteiger partial charge in [0.2, 0.25) is 0 Å². The molecule has 7 nitrogen and oxygen atoms in total. The van der Waals surface area contributed by atoms with Gasteiger partial charge in [0.25, 0.3) is 0 Å². The van der Waals surface area contributed by atoms with Crippen LogP contribution in [0, 0.1) is 0 Å². The number of unbranched alkanes of at least 4 members (excludes halogenated alkanes) is 1. The molecule has 32 heavy (non-hydrogen) atoms. The van der Waals surface area contributed by atoms with Crippen molar-refractivity contribution in [2.45, 2.75) is 52.6 Å². The van der Waals surface area contributed by atoms with Gasteiger partial charge in [-0.05, 0) is 38.0 Å². The first kappa shape index (κ1) is 24.4. The van der Waals surface area contributed by atoms with Gasteiger partial charge in [-0.15, -0.1) is 0 Å². The largest absolute Gasteiger partial charge is 0.463 e. The number of amides is 2. The van der Waals surface area contributed by atoms with Crippen LogP contribution in [-0.4, -0.2) is 28.2 Å². The number of halogens is 3. The molecule has 10 heteroatoms. The topological polar surface area (TPSA) is 85.2 Å². The lowest BCUT2D eigenvalue weighted by molar-refractivity contribution is -0.139. The van der Waals surface area contributed by atoms with E-state index in [4.69, 9.17) is 39.5 Å². The first-order valence-corrected chi connectivity index (χ1v) is 11.5. The average Bonchev–Trinajstić information content (AvgIpc) is 3.03. The molecule has 0 bridgehead atoms. The molecule has 1 aromatic carbocycles. The number of carbonyl (C=O) groups is 2. The fraction of sp³-hybridized carbons (Fsp3) is 0.409. The number of hydrogen-bond acceptors (Lipinski definition) is 4. The molecule has 1 unspecified atom stereocenters. The van der Waals surface area contributed by atoms with Crippen molar-refractivity contribution in [2.75, 3.05) is 6.61 Å².